The molecular formula is C27H32FN3O2. The Bertz CT molecular complexity index is 1030. The molecule has 1 saturated carbocycles. The molecule has 0 spiro atoms. The molecule has 2 aromatic carbocycles. The zero-order valence-electron chi connectivity index (χ0n) is 19.1. The van der Waals surface area contributed by atoms with Gasteiger partial charge in [-0.1, -0.05) is 49.6 Å². The summed E-state index contributed by atoms with van der Waals surface area (Å²) >= 11 is 0. The normalized spacial score (nSPS) is 20.2. The molecule has 2 amide bonds. The second kappa shape index (κ2) is 9.16. The zero-order chi connectivity index (χ0) is 22.8. The third-order valence-electron chi connectivity index (χ3n) is 7.69. The Hall–Kier alpha value is -2.89. The lowest BCUT2D eigenvalue weighted by atomic mass is 9.71. The molecule has 2 aliphatic heterocycles. The number of fused-ring (bicyclic) bond motifs is 1. The average Bonchev–Trinajstić information content (AvgIpc) is 3.15. The van der Waals surface area contributed by atoms with E-state index in [0.29, 0.717) is 51.4 Å². The predicted octanol–water partition coefficient (Wildman–Crippen LogP) is 4.47. The van der Waals surface area contributed by atoms with E-state index in [-0.39, 0.29) is 23.0 Å². The number of nitrogens with zero attached hydrogens (tertiary/aromatic N) is 3. The first-order valence-corrected chi connectivity index (χ1v) is 12.2. The highest BCUT2D eigenvalue weighted by molar-refractivity contribution is 5.98. The third-order valence-corrected chi connectivity index (χ3v) is 7.69. The molecule has 0 aromatic heterocycles. The standard InChI is InChI=1S/C27H32FN3O2/c28-23-10-4-5-11-24(23)29-14-16-30(17-15-29)25(32)18-27(12-6-1-7-13-27)20-31-19-21-8-2-3-9-22(21)26(31)33/h2-5,8-11H,1,6-7,12-20H2. The van der Waals surface area contributed by atoms with Crippen LogP contribution >= 0.6 is 0 Å². The monoisotopic (exact) mass is 449 g/mol. The summed E-state index contributed by atoms with van der Waals surface area (Å²) < 4.78 is 14.2. The van der Waals surface area contributed by atoms with Gasteiger partial charge < -0.3 is 14.7 Å². The van der Waals surface area contributed by atoms with Crippen molar-refractivity contribution in [2.75, 3.05) is 37.6 Å². The Morgan fingerprint density at radius 2 is 1.61 bits per heavy atom. The summed E-state index contributed by atoms with van der Waals surface area (Å²) in [6.45, 7) is 3.79. The number of hydrogen-bond donors (Lipinski definition) is 0. The molecule has 6 heteroatoms. The molecule has 0 N–H and O–H groups in total. The molecule has 1 aliphatic carbocycles. The van der Waals surface area contributed by atoms with Gasteiger partial charge in [0.15, 0.2) is 0 Å². The first-order chi connectivity index (χ1) is 16.0. The smallest absolute Gasteiger partial charge is 0.254 e. The number of hydrogen-bond acceptors (Lipinski definition) is 3. The molecule has 5 nitrogen and oxygen atoms in total. The van der Waals surface area contributed by atoms with Crippen LogP contribution in [-0.4, -0.2) is 54.3 Å². The van der Waals surface area contributed by atoms with Crippen LogP contribution in [-0.2, 0) is 11.3 Å². The molecule has 2 fully saturated rings. The molecule has 33 heavy (non-hydrogen) atoms. The number of benzene rings is 2. The van der Waals surface area contributed by atoms with Gasteiger partial charge in [-0.15, -0.1) is 0 Å². The number of carbonyl (C=O) groups excluding carboxylic acids is 2. The van der Waals surface area contributed by atoms with Crippen molar-refractivity contribution in [3.8, 4) is 0 Å². The molecule has 0 unspecified atom stereocenters. The van der Waals surface area contributed by atoms with Crippen molar-refractivity contribution in [1.29, 1.82) is 0 Å². The van der Waals surface area contributed by atoms with E-state index >= 15 is 0 Å². The second-order valence-corrected chi connectivity index (χ2v) is 9.88. The largest absolute Gasteiger partial charge is 0.366 e. The zero-order valence-corrected chi connectivity index (χ0v) is 19.1. The summed E-state index contributed by atoms with van der Waals surface area (Å²) in [7, 11) is 0. The average molecular weight is 450 g/mol. The molecule has 0 bridgehead atoms. The quantitative estimate of drug-likeness (QED) is 0.677. The van der Waals surface area contributed by atoms with Crippen LogP contribution in [0.3, 0.4) is 0 Å². The van der Waals surface area contributed by atoms with E-state index in [1.165, 1.54) is 12.5 Å². The van der Waals surface area contributed by atoms with E-state index in [4.69, 9.17) is 0 Å². The Labute approximate surface area is 195 Å². The SMILES string of the molecule is O=C(CC1(CN2Cc3ccccc3C2=O)CCCCC1)N1CCN(c2ccccc2F)CC1. The fourth-order valence-corrected chi connectivity index (χ4v) is 5.88. The van der Waals surface area contributed by atoms with Gasteiger partial charge in [0.25, 0.3) is 5.91 Å². The van der Waals surface area contributed by atoms with E-state index < -0.39 is 0 Å². The van der Waals surface area contributed by atoms with Crippen molar-refractivity contribution in [3.05, 3.63) is 65.5 Å². The third kappa shape index (κ3) is 4.48. The van der Waals surface area contributed by atoms with Crippen molar-refractivity contribution < 1.29 is 14.0 Å². The van der Waals surface area contributed by atoms with E-state index in [0.717, 1.165) is 36.8 Å². The second-order valence-electron chi connectivity index (χ2n) is 9.88. The van der Waals surface area contributed by atoms with Crippen LogP contribution in [0, 0.1) is 11.2 Å². The fraction of sp³-hybridized carbons (Fsp3) is 0.481. The first kappa shape index (κ1) is 21.9. The number of halogens is 1. The van der Waals surface area contributed by atoms with Crippen molar-refractivity contribution in [1.82, 2.24) is 9.80 Å². The lowest BCUT2D eigenvalue weighted by molar-refractivity contribution is -0.135. The Morgan fingerprint density at radius 1 is 0.909 bits per heavy atom. The number of anilines is 1. The Balaban J connectivity index is 1.24. The molecule has 1 saturated heterocycles. The summed E-state index contributed by atoms with van der Waals surface area (Å²) in [6, 6.07) is 14.7. The number of piperazine rings is 1. The molecule has 174 valence electrons. The molecule has 0 atom stereocenters. The van der Waals surface area contributed by atoms with Crippen molar-refractivity contribution in [2.24, 2.45) is 5.41 Å². The van der Waals surface area contributed by atoms with Crippen molar-refractivity contribution >= 4 is 17.5 Å². The number of carbonyl (C=O) groups is 2. The maximum absolute atomic E-state index is 14.2. The van der Waals surface area contributed by atoms with Crippen LogP contribution in [0.5, 0.6) is 0 Å². The van der Waals surface area contributed by atoms with Gasteiger partial charge in [0, 0.05) is 51.3 Å². The lowest BCUT2D eigenvalue weighted by Gasteiger charge is -2.42. The highest BCUT2D eigenvalue weighted by atomic mass is 19.1. The van der Waals surface area contributed by atoms with E-state index in [2.05, 4.69) is 0 Å². The van der Waals surface area contributed by atoms with Crippen LogP contribution in [0.15, 0.2) is 48.5 Å². The Morgan fingerprint density at radius 3 is 2.33 bits per heavy atom. The highest BCUT2D eigenvalue weighted by Crippen LogP contribution is 2.42. The maximum Gasteiger partial charge on any atom is 0.254 e. The minimum Gasteiger partial charge on any atom is -0.366 e. The van der Waals surface area contributed by atoms with Crippen LogP contribution in [0.4, 0.5) is 10.1 Å². The lowest BCUT2D eigenvalue weighted by Crippen LogP contribution is -2.51. The van der Waals surface area contributed by atoms with Gasteiger partial charge in [-0.25, -0.2) is 4.39 Å². The topological polar surface area (TPSA) is 43.9 Å². The molecular weight excluding hydrogens is 417 g/mol. The molecule has 0 radical (unpaired) electrons. The number of amides is 2. The summed E-state index contributed by atoms with van der Waals surface area (Å²) in [6.07, 6.45) is 5.91. The molecule has 5 rings (SSSR count). The van der Waals surface area contributed by atoms with Gasteiger partial charge in [-0.05, 0) is 42.0 Å². The fourth-order valence-electron chi connectivity index (χ4n) is 5.88. The van der Waals surface area contributed by atoms with Crippen molar-refractivity contribution in [2.45, 2.75) is 45.1 Å². The minimum atomic E-state index is -0.213. The van der Waals surface area contributed by atoms with Crippen LogP contribution in [0.2, 0.25) is 0 Å². The van der Waals surface area contributed by atoms with Gasteiger partial charge in [-0.3, -0.25) is 9.59 Å². The van der Waals surface area contributed by atoms with Crippen LogP contribution in [0.25, 0.3) is 0 Å². The van der Waals surface area contributed by atoms with Crippen LogP contribution < -0.4 is 4.90 Å². The van der Waals surface area contributed by atoms with Gasteiger partial charge in [-0.2, -0.15) is 0 Å². The summed E-state index contributed by atoms with van der Waals surface area (Å²) in [5.41, 5.74) is 2.36. The van der Waals surface area contributed by atoms with Gasteiger partial charge in [0.1, 0.15) is 5.82 Å². The van der Waals surface area contributed by atoms with Gasteiger partial charge in [0.2, 0.25) is 5.91 Å². The molecule has 3 aliphatic rings. The van der Waals surface area contributed by atoms with E-state index in [9.17, 15) is 14.0 Å². The van der Waals surface area contributed by atoms with Gasteiger partial charge >= 0.3 is 0 Å². The Kier molecular flexibility index (Phi) is 6.09. The predicted molar refractivity (Wildman–Crippen MR) is 127 cm³/mol. The molecule has 2 aromatic rings. The summed E-state index contributed by atoms with van der Waals surface area (Å²) in [4.78, 5) is 32.3. The maximum atomic E-state index is 14.2. The first-order valence-electron chi connectivity index (χ1n) is 12.2. The van der Waals surface area contributed by atoms with Crippen molar-refractivity contribution in [3.63, 3.8) is 0 Å². The van der Waals surface area contributed by atoms with E-state index in [1.54, 1.807) is 12.1 Å². The van der Waals surface area contributed by atoms with Crippen LogP contribution in [0.1, 0.15) is 54.4 Å². The highest BCUT2D eigenvalue weighted by Gasteiger charge is 2.40. The summed E-state index contributed by atoms with van der Waals surface area (Å²) in [5.74, 6) is 0.0606. The number of rotatable bonds is 5. The van der Waals surface area contributed by atoms with E-state index in [1.807, 2.05) is 45.0 Å². The number of para-hydroxylation sites is 1. The minimum absolute atomic E-state index is 0.0986. The van der Waals surface area contributed by atoms with Gasteiger partial charge in [0.05, 0.1) is 5.69 Å². The molecule has 2 heterocycles. The summed E-state index contributed by atoms with van der Waals surface area (Å²) in [5, 5.41) is 0.